The number of H-pyrrole nitrogens is 1. The topological polar surface area (TPSA) is 104 Å². The average Bonchev–Trinajstić information content (AvgIpc) is 2.66. The first-order chi connectivity index (χ1) is 12.5. The zero-order chi connectivity index (χ0) is 18.9. The minimum Gasteiger partial charge on any atom is -0.461 e. The Bertz CT molecular complexity index is 777. The molecule has 8 heteroatoms. The third-order valence-corrected chi connectivity index (χ3v) is 3.83. The fourth-order valence-electron chi connectivity index (χ4n) is 2.25. The fraction of sp³-hybridized carbons (Fsp3) is 0.333. The molecular formula is C18H22N4O4. The van der Waals surface area contributed by atoms with E-state index in [9.17, 15) is 14.4 Å². The monoisotopic (exact) mass is 358 g/mol. The van der Waals surface area contributed by atoms with Crippen LogP contribution in [0.5, 0.6) is 0 Å². The van der Waals surface area contributed by atoms with Gasteiger partial charge in [0.1, 0.15) is 12.3 Å². The maximum absolute atomic E-state index is 12.0. The second kappa shape index (κ2) is 9.47. The van der Waals surface area contributed by atoms with E-state index < -0.39 is 11.9 Å². The number of nitrogens with zero attached hydrogens (tertiary/aromatic N) is 2. The Morgan fingerprint density at radius 1 is 1.12 bits per heavy atom. The molecule has 0 aliphatic carbocycles. The van der Waals surface area contributed by atoms with Crippen molar-refractivity contribution in [1.82, 2.24) is 15.1 Å². The summed E-state index contributed by atoms with van der Waals surface area (Å²) in [6.45, 7) is 6.96. The summed E-state index contributed by atoms with van der Waals surface area (Å²) in [6, 6.07) is 8.91. The van der Waals surface area contributed by atoms with E-state index >= 15 is 0 Å². The molecule has 0 bridgehead atoms. The summed E-state index contributed by atoms with van der Waals surface area (Å²) in [5, 5.41) is 8.48. The van der Waals surface area contributed by atoms with Crippen molar-refractivity contribution in [3.05, 3.63) is 58.0 Å². The van der Waals surface area contributed by atoms with Crippen LogP contribution in [0.3, 0.4) is 0 Å². The van der Waals surface area contributed by atoms with E-state index in [1.165, 1.54) is 12.1 Å². The van der Waals surface area contributed by atoms with Gasteiger partial charge in [0.05, 0.1) is 5.56 Å². The number of carbonyl (C=O) groups is 2. The molecule has 0 atom stereocenters. The molecular weight excluding hydrogens is 336 g/mol. The van der Waals surface area contributed by atoms with E-state index in [0.717, 1.165) is 13.1 Å². The van der Waals surface area contributed by atoms with Crippen molar-refractivity contribution in [2.45, 2.75) is 13.8 Å². The van der Waals surface area contributed by atoms with E-state index in [1.54, 1.807) is 24.3 Å². The molecule has 0 radical (unpaired) electrons. The normalized spacial score (nSPS) is 10.6. The molecule has 0 fully saturated rings. The Hall–Kier alpha value is -3.00. The van der Waals surface area contributed by atoms with E-state index in [0.29, 0.717) is 24.4 Å². The summed E-state index contributed by atoms with van der Waals surface area (Å²) in [5.74, 6) is -0.867. The SMILES string of the molecule is CCN(CC)CCOC(=O)c1ccc(NC(=O)c2ccc(=O)[nH]n2)cc1. The largest absolute Gasteiger partial charge is 0.461 e. The number of benzene rings is 1. The average molecular weight is 358 g/mol. The third kappa shape index (κ3) is 5.52. The van der Waals surface area contributed by atoms with Crippen molar-refractivity contribution in [3.63, 3.8) is 0 Å². The molecule has 26 heavy (non-hydrogen) atoms. The van der Waals surface area contributed by atoms with E-state index in [1.807, 2.05) is 0 Å². The minimum absolute atomic E-state index is 0.0875. The number of rotatable bonds is 8. The van der Waals surface area contributed by atoms with Gasteiger partial charge in [-0.3, -0.25) is 9.59 Å². The van der Waals surface area contributed by atoms with Crippen LogP contribution in [0.25, 0.3) is 0 Å². The van der Waals surface area contributed by atoms with Gasteiger partial charge in [0.15, 0.2) is 0 Å². The fourth-order valence-corrected chi connectivity index (χ4v) is 2.25. The van der Waals surface area contributed by atoms with Crippen LogP contribution < -0.4 is 10.9 Å². The van der Waals surface area contributed by atoms with Crippen molar-refractivity contribution in [2.75, 3.05) is 31.6 Å². The van der Waals surface area contributed by atoms with Crippen molar-refractivity contribution < 1.29 is 14.3 Å². The molecule has 2 N–H and O–H groups in total. The first kappa shape index (κ1) is 19.3. The molecule has 138 valence electrons. The van der Waals surface area contributed by atoms with Crippen LogP contribution in [0.2, 0.25) is 0 Å². The lowest BCUT2D eigenvalue weighted by Crippen LogP contribution is -2.27. The maximum atomic E-state index is 12.0. The number of hydrogen-bond acceptors (Lipinski definition) is 6. The Morgan fingerprint density at radius 2 is 1.81 bits per heavy atom. The second-order valence-electron chi connectivity index (χ2n) is 5.50. The Kier molecular flexibility index (Phi) is 7.04. The molecule has 0 saturated heterocycles. The molecule has 0 saturated carbocycles. The molecule has 2 aromatic rings. The first-order valence-electron chi connectivity index (χ1n) is 8.40. The second-order valence-corrected chi connectivity index (χ2v) is 5.50. The first-order valence-corrected chi connectivity index (χ1v) is 8.40. The standard InChI is InChI=1S/C18H22N4O4/c1-3-22(4-2)11-12-26-18(25)13-5-7-14(8-6-13)19-17(24)15-9-10-16(23)21-20-15/h5-10H,3-4,11-12H2,1-2H3,(H,19,24)(H,21,23). The van der Waals surface area contributed by atoms with Gasteiger partial charge in [0.25, 0.3) is 11.5 Å². The number of esters is 1. The van der Waals surface area contributed by atoms with Gasteiger partial charge < -0.3 is 15.0 Å². The van der Waals surface area contributed by atoms with Crippen LogP contribution in [-0.4, -0.2) is 53.2 Å². The van der Waals surface area contributed by atoms with Crippen molar-refractivity contribution in [1.29, 1.82) is 0 Å². The highest BCUT2D eigenvalue weighted by Crippen LogP contribution is 2.11. The lowest BCUT2D eigenvalue weighted by molar-refractivity contribution is 0.0466. The summed E-state index contributed by atoms with van der Waals surface area (Å²) in [6.07, 6.45) is 0. The van der Waals surface area contributed by atoms with Gasteiger partial charge >= 0.3 is 5.97 Å². The van der Waals surface area contributed by atoms with Crippen LogP contribution in [0.1, 0.15) is 34.7 Å². The van der Waals surface area contributed by atoms with Gasteiger partial charge in [0.2, 0.25) is 0 Å². The van der Waals surface area contributed by atoms with Crippen molar-refractivity contribution in [3.8, 4) is 0 Å². The number of nitrogens with one attached hydrogen (secondary N) is 2. The lowest BCUT2D eigenvalue weighted by Gasteiger charge is -2.17. The van der Waals surface area contributed by atoms with Gasteiger partial charge in [-0.2, -0.15) is 5.10 Å². The Labute approximate surface area is 151 Å². The summed E-state index contributed by atoms with van der Waals surface area (Å²) in [5.41, 5.74) is 0.613. The number of aromatic nitrogens is 2. The van der Waals surface area contributed by atoms with Crippen LogP contribution in [-0.2, 0) is 4.74 Å². The van der Waals surface area contributed by atoms with Crippen molar-refractivity contribution >= 4 is 17.6 Å². The molecule has 1 aromatic heterocycles. The third-order valence-electron chi connectivity index (χ3n) is 3.83. The maximum Gasteiger partial charge on any atom is 0.338 e. The zero-order valence-electron chi connectivity index (χ0n) is 14.8. The summed E-state index contributed by atoms with van der Waals surface area (Å²) >= 11 is 0. The number of aromatic amines is 1. The Morgan fingerprint density at radius 3 is 2.38 bits per heavy atom. The highest BCUT2D eigenvalue weighted by Gasteiger charge is 2.10. The Balaban J connectivity index is 1.89. The molecule has 2 rings (SSSR count). The number of amides is 1. The number of ether oxygens (including phenoxy) is 1. The highest BCUT2D eigenvalue weighted by molar-refractivity contribution is 6.03. The predicted octanol–water partition coefficient (Wildman–Crippen LogP) is 1.52. The van der Waals surface area contributed by atoms with E-state index in [4.69, 9.17) is 4.74 Å². The summed E-state index contributed by atoms with van der Waals surface area (Å²) in [4.78, 5) is 37.2. The number of carbonyl (C=O) groups excluding carboxylic acids is 2. The number of likely N-dealkylation sites (N-methyl/N-ethyl adjacent to an activating group) is 1. The van der Waals surface area contributed by atoms with Gasteiger partial charge in [-0.1, -0.05) is 13.8 Å². The van der Waals surface area contributed by atoms with Crippen LogP contribution in [0.4, 0.5) is 5.69 Å². The van der Waals surface area contributed by atoms with E-state index in [2.05, 4.69) is 34.3 Å². The molecule has 8 nitrogen and oxygen atoms in total. The van der Waals surface area contributed by atoms with Crippen molar-refractivity contribution in [2.24, 2.45) is 0 Å². The van der Waals surface area contributed by atoms with Gasteiger partial charge in [-0.25, -0.2) is 9.89 Å². The summed E-state index contributed by atoms with van der Waals surface area (Å²) in [7, 11) is 0. The lowest BCUT2D eigenvalue weighted by atomic mass is 10.2. The molecule has 1 aromatic carbocycles. The molecule has 0 unspecified atom stereocenters. The molecule has 0 aliphatic heterocycles. The minimum atomic E-state index is -0.462. The van der Waals surface area contributed by atoms with Gasteiger partial charge in [-0.15, -0.1) is 0 Å². The smallest absolute Gasteiger partial charge is 0.338 e. The van der Waals surface area contributed by atoms with E-state index in [-0.39, 0.29) is 11.3 Å². The van der Waals surface area contributed by atoms with Crippen LogP contribution in [0, 0.1) is 0 Å². The molecule has 0 spiro atoms. The molecule has 0 aliphatic rings. The quantitative estimate of drug-likeness (QED) is 0.693. The zero-order valence-corrected chi connectivity index (χ0v) is 14.8. The number of hydrogen-bond donors (Lipinski definition) is 2. The predicted molar refractivity (Wildman–Crippen MR) is 97.3 cm³/mol. The van der Waals surface area contributed by atoms with Gasteiger partial charge in [-0.05, 0) is 43.4 Å². The highest BCUT2D eigenvalue weighted by atomic mass is 16.5. The molecule has 1 heterocycles. The molecule has 1 amide bonds. The van der Waals surface area contributed by atoms with Crippen LogP contribution in [0.15, 0.2) is 41.2 Å². The van der Waals surface area contributed by atoms with Crippen LogP contribution >= 0.6 is 0 Å². The number of anilines is 1. The van der Waals surface area contributed by atoms with Gasteiger partial charge in [0, 0.05) is 18.3 Å². The summed E-state index contributed by atoms with van der Waals surface area (Å²) < 4.78 is 5.25.